The number of halogens is 3. The molecule has 1 atom stereocenters. The molecule has 0 spiro atoms. The number of aryl methyl sites for hydroxylation is 1. The number of nitrogens with two attached hydrogens (primary N) is 1. The quantitative estimate of drug-likeness (QED) is 0.187. The summed E-state index contributed by atoms with van der Waals surface area (Å²) in [5.74, 6) is -0.445. The lowest BCUT2D eigenvalue weighted by molar-refractivity contribution is -0.133. The van der Waals surface area contributed by atoms with E-state index in [1.54, 1.807) is 31.3 Å². The number of allylic oxidation sites excluding steroid dienone is 1. The maximum atomic E-state index is 15.3. The molecule has 3 saturated heterocycles. The van der Waals surface area contributed by atoms with Crippen molar-refractivity contribution in [3.63, 3.8) is 0 Å². The summed E-state index contributed by atoms with van der Waals surface area (Å²) in [7, 11) is 0. The van der Waals surface area contributed by atoms with Crippen LogP contribution in [-0.4, -0.2) is 90.1 Å². The van der Waals surface area contributed by atoms with Gasteiger partial charge >= 0.3 is 0 Å². The fraction of sp³-hybridized carbons (Fsp3) is 0.500. The Hall–Kier alpha value is -5.38. The maximum Gasteiger partial charge on any atom is 0.264 e. The number of aliphatic imine (C=N–C) groups is 1. The van der Waals surface area contributed by atoms with Crippen molar-refractivity contribution in [2.45, 2.75) is 95.8 Å². The van der Waals surface area contributed by atoms with Crippen LogP contribution < -0.4 is 26.2 Å². The Morgan fingerprint density at radius 2 is 1.81 bits per heavy atom. The maximum absolute atomic E-state index is 15.3. The van der Waals surface area contributed by atoms with E-state index in [0.29, 0.717) is 106 Å². The highest BCUT2D eigenvalue weighted by Gasteiger charge is 2.35. The molecule has 0 aliphatic carbocycles. The van der Waals surface area contributed by atoms with Crippen LogP contribution in [0.5, 0.6) is 0 Å². The number of rotatable bonds is 9. The van der Waals surface area contributed by atoms with Crippen molar-refractivity contribution >= 4 is 52.4 Å². The normalized spacial score (nSPS) is 21.1. The Bertz CT molecular complexity index is 2120. The van der Waals surface area contributed by atoms with Crippen LogP contribution in [0.15, 0.2) is 41.5 Å². The van der Waals surface area contributed by atoms with Crippen molar-refractivity contribution < 1.29 is 32.3 Å². The first-order valence-corrected chi connectivity index (χ1v) is 20.3. The molecule has 6 heterocycles. The third kappa shape index (κ3) is 8.03. The van der Waals surface area contributed by atoms with Gasteiger partial charge in [0.05, 0.1) is 24.3 Å². The lowest BCUT2D eigenvalue weighted by Crippen LogP contribution is -2.47. The number of hydrogen-bond acceptors (Lipinski definition) is 10. The summed E-state index contributed by atoms with van der Waals surface area (Å²) in [6.07, 6.45) is 5.80. The van der Waals surface area contributed by atoms with Crippen LogP contribution in [0.2, 0.25) is 0 Å². The molecule has 16 heteroatoms. The Labute approximate surface area is 335 Å². The lowest BCUT2D eigenvalue weighted by Gasteiger charge is -2.33. The Morgan fingerprint density at radius 3 is 2.52 bits per heavy atom. The molecular weight excluding hydrogens is 752 g/mol. The minimum atomic E-state index is -2.78. The van der Waals surface area contributed by atoms with Gasteiger partial charge in [0.15, 0.2) is 5.82 Å². The van der Waals surface area contributed by atoms with E-state index in [2.05, 4.69) is 20.2 Å². The van der Waals surface area contributed by atoms with E-state index >= 15 is 13.2 Å². The minimum absolute atomic E-state index is 0.00539. The van der Waals surface area contributed by atoms with E-state index in [1.165, 1.54) is 12.3 Å². The zero-order valence-corrected chi connectivity index (χ0v) is 32.7. The predicted octanol–water partition coefficient (Wildman–Crippen LogP) is 5.56. The summed E-state index contributed by atoms with van der Waals surface area (Å²) >= 11 is 0. The summed E-state index contributed by atoms with van der Waals surface area (Å²) in [5, 5.41) is 10.5. The zero-order chi connectivity index (χ0) is 40.5. The monoisotopic (exact) mass is 801 g/mol. The number of piperidine rings is 2. The molecule has 5 aliphatic heterocycles. The van der Waals surface area contributed by atoms with Gasteiger partial charge in [-0.25, -0.2) is 13.2 Å². The van der Waals surface area contributed by atoms with Gasteiger partial charge in [0.1, 0.15) is 11.9 Å². The fourth-order valence-electron chi connectivity index (χ4n) is 8.97. The number of carbonyl (C=O) groups excluding carboxylic acids is 3. The number of anilines is 4. The smallest absolute Gasteiger partial charge is 0.264 e. The third-order valence-electron chi connectivity index (χ3n) is 12.2. The second-order valence-corrected chi connectivity index (χ2v) is 15.8. The molecule has 308 valence electrons. The molecule has 3 fully saturated rings. The third-order valence-corrected chi connectivity index (χ3v) is 12.2. The fourth-order valence-corrected chi connectivity index (χ4v) is 8.97. The molecule has 2 aromatic carbocycles. The largest absolute Gasteiger partial charge is 0.404 e. The number of carbonyl (C=O) groups is 3. The molecule has 4 N–H and O–H groups in total. The average Bonchev–Trinajstić information content (AvgIpc) is 3.61. The number of ether oxygens (including phenoxy) is 1. The van der Waals surface area contributed by atoms with E-state index in [1.807, 2.05) is 15.9 Å². The molecule has 3 aromatic rings. The Morgan fingerprint density at radius 1 is 1.02 bits per heavy atom. The first kappa shape index (κ1) is 39.4. The van der Waals surface area contributed by atoms with E-state index in [-0.39, 0.29) is 35.9 Å². The van der Waals surface area contributed by atoms with Crippen LogP contribution in [-0.2, 0) is 38.5 Å². The van der Waals surface area contributed by atoms with E-state index in [4.69, 9.17) is 20.6 Å². The number of benzene rings is 2. The first-order chi connectivity index (χ1) is 28.1. The molecule has 8 rings (SSSR count). The lowest BCUT2D eigenvalue weighted by atomic mass is 9.92. The van der Waals surface area contributed by atoms with Crippen LogP contribution in [0.25, 0.3) is 5.57 Å². The molecule has 13 nitrogen and oxygen atoms in total. The van der Waals surface area contributed by atoms with Gasteiger partial charge in [-0.3, -0.25) is 29.4 Å². The number of aromatic nitrogens is 2. The number of amides is 3. The molecule has 0 bridgehead atoms. The average molecular weight is 802 g/mol. The number of fused-ring (bicyclic) bond motifs is 2. The number of alkyl halides is 2. The van der Waals surface area contributed by atoms with Gasteiger partial charge in [-0.05, 0) is 86.4 Å². The second-order valence-electron chi connectivity index (χ2n) is 15.8. The number of nitrogens with zero attached hydrogens (tertiary/aromatic N) is 6. The molecule has 0 radical (unpaired) electrons. The molecule has 58 heavy (non-hydrogen) atoms. The van der Waals surface area contributed by atoms with Crippen molar-refractivity contribution in [1.29, 1.82) is 0 Å². The van der Waals surface area contributed by atoms with Gasteiger partial charge in [0.25, 0.3) is 6.43 Å². The summed E-state index contributed by atoms with van der Waals surface area (Å²) in [6, 6.07) is 7.61. The van der Waals surface area contributed by atoms with Crippen LogP contribution in [0.3, 0.4) is 0 Å². The van der Waals surface area contributed by atoms with E-state index in [9.17, 15) is 14.4 Å². The van der Waals surface area contributed by atoms with Crippen LogP contribution >= 0.6 is 0 Å². The van der Waals surface area contributed by atoms with E-state index in [0.717, 1.165) is 41.9 Å². The molecule has 0 saturated carbocycles. The summed E-state index contributed by atoms with van der Waals surface area (Å²) in [4.78, 5) is 46.7. The van der Waals surface area contributed by atoms with Crippen molar-refractivity contribution in [1.82, 2.24) is 20.0 Å². The predicted molar refractivity (Wildman–Crippen MR) is 215 cm³/mol. The first-order valence-electron chi connectivity index (χ1n) is 20.3. The summed E-state index contributed by atoms with van der Waals surface area (Å²) in [5.41, 5.74) is 11.3. The van der Waals surface area contributed by atoms with Gasteiger partial charge < -0.3 is 30.5 Å². The topological polar surface area (TPSA) is 150 Å². The highest BCUT2D eigenvalue weighted by atomic mass is 19.3. The zero-order valence-electron chi connectivity index (χ0n) is 32.7. The van der Waals surface area contributed by atoms with Crippen molar-refractivity contribution in [2.24, 2.45) is 10.7 Å². The van der Waals surface area contributed by atoms with Crippen molar-refractivity contribution in [2.75, 3.05) is 54.5 Å². The standard InChI is InChI=1S/C42H50F3N9O4/c1-25(55)52-16-10-36-33(24-52)41(50-54(36)30-11-17-58-18-12-30)53-13-2-3-26-19-31(32(40(44)45)21-38(26)53)27(22-46)23-47-28-8-14-51(15-9-28)37-6-4-29(20-34(37)43)48-35-5-7-39(56)49-42(35)57/h4,6,19-23,28,30,35,40,48H,2-3,5,7-18,24,46H2,1H3,(H,49,56,57)/b27-22+,47-23?. The molecular formula is C42H50F3N9O4. The highest BCUT2D eigenvalue weighted by Crippen LogP contribution is 2.43. The highest BCUT2D eigenvalue weighted by molar-refractivity contribution is 6.10. The molecule has 3 amide bonds. The van der Waals surface area contributed by atoms with Crippen LogP contribution in [0.1, 0.15) is 92.3 Å². The summed E-state index contributed by atoms with van der Waals surface area (Å²) in [6.45, 7) is 5.61. The minimum Gasteiger partial charge on any atom is -0.404 e. The Kier molecular flexibility index (Phi) is 11.5. The van der Waals surface area contributed by atoms with Crippen LogP contribution in [0.4, 0.5) is 36.1 Å². The van der Waals surface area contributed by atoms with Gasteiger partial charge in [-0.2, -0.15) is 5.10 Å². The molecule has 1 aromatic heterocycles. The second kappa shape index (κ2) is 16.8. The number of hydrogen-bond donors (Lipinski definition) is 3. The van der Waals surface area contributed by atoms with Crippen LogP contribution in [0, 0.1) is 5.82 Å². The Balaban J connectivity index is 0.984. The van der Waals surface area contributed by atoms with Crippen molar-refractivity contribution in [3.8, 4) is 0 Å². The van der Waals surface area contributed by atoms with Gasteiger partial charge in [-0.1, -0.05) is 0 Å². The number of imide groups is 1. The van der Waals surface area contributed by atoms with Crippen molar-refractivity contribution in [3.05, 3.63) is 70.3 Å². The molecule has 1 unspecified atom stereocenters. The van der Waals surface area contributed by atoms with Gasteiger partial charge in [0, 0.05) is 105 Å². The SMILES string of the molecule is CC(=O)N1CCc2c(c(N3CCCc4cc(/C(C=NC5CCN(c6ccc(NC7CCC(=O)NC7=O)cc6F)CC5)=C/N)c(C(F)F)cc43)nn2C2CCOCC2)C1. The molecule has 5 aliphatic rings. The van der Waals surface area contributed by atoms with Gasteiger partial charge in [-0.15, -0.1) is 0 Å². The summed E-state index contributed by atoms with van der Waals surface area (Å²) < 4.78 is 53.1. The van der Waals surface area contributed by atoms with Gasteiger partial charge in [0.2, 0.25) is 17.7 Å². The van der Waals surface area contributed by atoms with E-state index < -0.39 is 24.2 Å². The number of nitrogens with one attached hydrogen (secondary N) is 2.